The van der Waals surface area contributed by atoms with Gasteiger partial charge in [-0.2, -0.15) is 0 Å². The molecular formula is C18H13N3O6S. The lowest BCUT2D eigenvalue weighted by Crippen LogP contribution is -2.29. The molecule has 0 aliphatic carbocycles. The van der Waals surface area contributed by atoms with Crippen molar-refractivity contribution in [2.75, 3.05) is 12.0 Å². The zero-order valence-corrected chi connectivity index (χ0v) is 15.3. The summed E-state index contributed by atoms with van der Waals surface area (Å²) in [5.41, 5.74) is 0.669. The van der Waals surface area contributed by atoms with Gasteiger partial charge in [-0.05, 0) is 30.3 Å². The van der Waals surface area contributed by atoms with E-state index in [0.29, 0.717) is 22.2 Å². The molecule has 0 saturated heterocycles. The SMILES string of the molecule is COc1ccc2sc(N(Cc3ccco3)C(=O)c3ccc([N+](=O)[O-])o3)nc2c1. The second-order valence-electron chi connectivity index (χ2n) is 5.70. The van der Waals surface area contributed by atoms with E-state index in [-0.39, 0.29) is 12.3 Å². The average molecular weight is 399 g/mol. The van der Waals surface area contributed by atoms with Gasteiger partial charge in [0.25, 0.3) is 5.91 Å². The van der Waals surface area contributed by atoms with Crippen molar-refractivity contribution in [3.63, 3.8) is 0 Å². The summed E-state index contributed by atoms with van der Waals surface area (Å²) in [5.74, 6) is -0.0397. The molecule has 0 atom stereocenters. The number of hydrogen-bond donors (Lipinski definition) is 0. The summed E-state index contributed by atoms with van der Waals surface area (Å²) < 4.78 is 16.5. The van der Waals surface area contributed by atoms with Gasteiger partial charge in [0.1, 0.15) is 16.4 Å². The van der Waals surface area contributed by atoms with Crippen molar-refractivity contribution in [3.05, 3.63) is 70.4 Å². The summed E-state index contributed by atoms with van der Waals surface area (Å²) in [4.78, 5) is 29.1. The third kappa shape index (κ3) is 3.32. The van der Waals surface area contributed by atoms with Crippen molar-refractivity contribution in [3.8, 4) is 5.75 Å². The first-order valence-corrected chi connectivity index (χ1v) is 8.90. The van der Waals surface area contributed by atoms with Gasteiger partial charge in [0.05, 0.1) is 36.2 Å². The number of nitro groups is 1. The third-order valence-electron chi connectivity index (χ3n) is 3.94. The van der Waals surface area contributed by atoms with Crippen molar-refractivity contribution in [1.82, 2.24) is 4.98 Å². The number of aromatic nitrogens is 1. The maximum absolute atomic E-state index is 13.0. The predicted octanol–water partition coefficient (Wildman–Crippen LogP) is 4.25. The number of carbonyl (C=O) groups is 1. The van der Waals surface area contributed by atoms with Gasteiger partial charge in [-0.25, -0.2) is 4.98 Å². The Morgan fingerprint density at radius 2 is 2.18 bits per heavy atom. The van der Waals surface area contributed by atoms with Crippen LogP contribution in [0.2, 0.25) is 0 Å². The van der Waals surface area contributed by atoms with Gasteiger partial charge in [-0.1, -0.05) is 11.3 Å². The van der Waals surface area contributed by atoms with E-state index in [1.165, 1.54) is 28.6 Å². The first-order chi connectivity index (χ1) is 13.5. The van der Waals surface area contributed by atoms with Crippen LogP contribution in [0.1, 0.15) is 16.3 Å². The Labute approximate surface area is 161 Å². The Kier molecular flexibility index (Phi) is 4.53. The Balaban J connectivity index is 1.74. The highest BCUT2D eigenvalue weighted by molar-refractivity contribution is 7.22. The zero-order chi connectivity index (χ0) is 19.7. The van der Waals surface area contributed by atoms with Crippen LogP contribution >= 0.6 is 11.3 Å². The Morgan fingerprint density at radius 3 is 2.86 bits per heavy atom. The number of methoxy groups -OCH3 is 1. The molecule has 0 radical (unpaired) electrons. The number of benzene rings is 1. The van der Waals surface area contributed by atoms with Gasteiger partial charge in [0, 0.05) is 6.07 Å². The molecule has 0 fully saturated rings. The lowest BCUT2D eigenvalue weighted by atomic mass is 10.3. The molecule has 9 nitrogen and oxygen atoms in total. The van der Waals surface area contributed by atoms with Crippen LogP contribution in [0.3, 0.4) is 0 Å². The fourth-order valence-corrected chi connectivity index (χ4v) is 3.54. The molecule has 0 aliphatic heterocycles. The van der Waals surface area contributed by atoms with Crippen molar-refractivity contribution in [2.45, 2.75) is 6.54 Å². The average Bonchev–Trinajstić information content (AvgIpc) is 3.45. The highest BCUT2D eigenvalue weighted by atomic mass is 32.1. The van der Waals surface area contributed by atoms with Crippen LogP contribution < -0.4 is 9.64 Å². The molecule has 1 aromatic carbocycles. The van der Waals surface area contributed by atoms with Gasteiger partial charge in [-0.15, -0.1) is 0 Å². The molecule has 28 heavy (non-hydrogen) atoms. The second kappa shape index (κ2) is 7.16. The minimum atomic E-state index is -0.697. The molecule has 0 aliphatic rings. The zero-order valence-electron chi connectivity index (χ0n) is 14.5. The maximum atomic E-state index is 13.0. The fourth-order valence-electron chi connectivity index (χ4n) is 2.60. The summed E-state index contributed by atoms with van der Waals surface area (Å²) in [6.07, 6.45) is 1.50. The molecule has 0 unspecified atom stereocenters. The highest BCUT2D eigenvalue weighted by Crippen LogP contribution is 2.33. The summed E-state index contributed by atoms with van der Waals surface area (Å²) in [6.45, 7) is 0.0945. The molecule has 4 aromatic rings. The number of fused-ring (bicyclic) bond motifs is 1. The Hall–Kier alpha value is -3.66. The minimum Gasteiger partial charge on any atom is -0.497 e. The van der Waals surface area contributed by atoms with Crippen molar-refractivity contribution < 1.29 is 23.3 Å². The summed E-state index contributed by atoms with van der Waals surface area (Å²) in [6, 6.07) is 11.3. The molecule has 0 saturated carbocycles. The second-order valence-corrected chi connectivity index (χ2v) is 6.70. The van der Waals surface area contributed by atoms with E-state index in [4.69, 9.17) is 13.6 Å². The maximum Gasteiger partial charge on any atom is 0.433 e. The van der Waals surface area contributed by atoms with E-state index in [1.807, 2.05) is 6.07 Å². The molecule has 3 heterocycles. The number of thiazole rings is 1. The lowest BCUT2D eigenvalue weighted by molar-refractivity contribution is -0.402. The number of amides is 1. The Morgan fingerprint density at radius 1 is 1.32 bits per heavy atom. The number of anilines is 1. The van der Waals surface area contributed by atoms with Crippen molar-refractivity contribution >= 4 is 38.5 Å². The number of ether oxygens (including phenoxy) is 1. The predicted molar refractivity (Wildman–Crippen MR) is 101 cm³/mol. The lowest BCUT2D eigenvalue weighted by Gasteiger charge is -2.17. The Bertz CT molecular complexity index is 1150. The molecule has 0 spiro atoms. The van der Waals surface area contributed by atoms with Crippen LogP contribution in [0.15, 0.2) is 57.6 Å². The van der Waals surface area contributed by atoms with Crippen LogP contribution in [0, 0.1) is 10.1 Å². The smallest absolute Gasteiger partial charge is 0.433 e. The fraction of sp³-hybridized carbons (Fsp3) is 0.111. The highest BCUT2D eigenvalue weighted by Gasteiger charge is 2.27. The van der Waals surface area contributed by atoms with Crippen LogP contribution in [-0.2, 0) is 6.54 Å². The minimum absolute atomic E-state index is 0.0945. The summed E-state index contributed by atoms with van der Waals surface area (Å²) >= 11 is 1.30. The molecule has 0 N–H and O–H groups in total. The number of hydrogen-bond acceptors (Lipinski definition) is 8. The number of rotatable bonds is 6. The van der Waals surface area contributed by atoms with Crippen LogP contribution in [0.5, 0.6) is 5.75 Å². The van der Waals surface area contributed by atoms with E-state index in [1.54, 1.807) is 31.4 Å². The molecule has 4 rings (SSSR count). The first-order valence-electron chi connectivity index (χ1n) is 8.08. The molecule has 3 aromatic heterocycles. The summed E-state index contributed by atoms with van der Waals surface area (Å²) in [7, 11) is 1.56. The van der Waals surface area contributed by atoms with Crippen LogP contribution in [-0.4, -0.2) is 22.9 Å². The van der Waals surface area contributed by atoms with Crippen LogP contribution in [0.25, 0.3) is 10.2 Å². The number of furan rings is 2. The van der Waals surface area contributed by atoms with Gasteiger partial charge >= 0.3 is 5.88 Å². The summed E-state index contributed by atoms with van der Waals surface area (Å²) in [5, 5.41) is 11.3. The first kappa shape index (κ1) is 17.7. The van der Waals surface area contributed by atoms with Gasteiger partial charge in [0.15, 0.2) is 10.9 Å². The molecule has 1 amide bonds. The standard InChI is InChI=1S/C18H13N3O6S/c1-25-11-4-6-15-13(9-11)19-18(28-15)20(10-12-3-2-8-26-12)17(22)14-5-7-16(27-14)21(23)24/h2-9H,10H2,1H3. The third-order valence-corrected chi connectivity index (χ3v) is 5.00. The van der Waals surface area contributed by atoms with E-state index in [2.05, 4.69) is 4.98 Å². The van der Waals surface area contributed by atoms with E-state index in [0.717, 1.165) is 10.8 Å². The molecule has 142 valence electrons. The number of nitrogens with zero attached hydrogens (tertiary/aromatic N) is 3. The van der Waals surface area contributed by atoms with Gasteiger partial charge in [-0.3, -0.25) is 19.8 Å². The van der Waals surface area contributed by atoms with Crippen molar-refractivity contribution in [1.29, 1.82) is 0 Å². The quantitative estimate of drug-likeness (QED) is 0.352. The molecule has 0 bridgehead atoms. The molecule has 10 heteroatoms. The van der Waals surface area contributed by atoms with E-state index >= 15 is 0 Å². The topological polar surface area (TPSA) is 112 Å². The molecular weight excluding hydrogens is 386 g/mol. The normalized spacial score (nSPS) is 10.9. The van der Waals surface area contributed by atoms with Gasteiger partial charge < -0.3 is 13.6 Å². The van der Waals surface area contributed by atoms with Crippen molar-refractivity contribution in [2.24, 2.45) is 0 Å². The van der Waals surface area contributed by atoms with Gasteiger partial charge in [0.2, 0.25) is 0 Å². The monoisotopic (exact) mass is 399 g/mol. The van der Waals surface area contributed by atoms with Crippen LogP contribution in [0.4, 0.5) is 11.0 Å². The van der Waals surface area contributed by atoms with E-state index in [9.17, 15) is 14.9 Å². The largest absolute Gasteiger partial charge is 0.497 e. The van der Waals surface area contributed by atoms with E-state index < -0.39 is 16.7 Å². The number of carbonyl (C=O) groups excluding carboxylic acids is 1.